The summed E-state index contributed by atoms with van der Waals surface area (Å²) in [5.74, 6) is 0.767. The van der Waals surface area contributed by atoms with Gasteiger partial charge in [0.05, 0.1) is 11.9 Å². The molecule has 0 aliphatic heterocycles. The third-order valence-electron chi connectivity index (χ3n) is 4.34. The second kappa shape index (κ2) is 7.26. The van der Waals surface area contributed by atoms with Gasteiger partial charge >= 0.3 is 0 Å². The van der Waals surface area contributed by atoms with Crippen molar-refractivity contribution in [3.05, 3.63) is 59.7 Å². The monoisotopic (exact) mass is 345 g/mol. The van der Waals surface area contributed by atoms with Crippen molar-refractivity contribution in [3.8, 4) is 5.75 Å². The van der Waals surface area contributed by atoms with Crippen molar-refractivity contribution >= 4 is 15.7 Å². The highest BCUT2D eigenvalue weighted by Crippen LogP contribution is 2.25. The van der Waals surface area contributed by atoms with Crippen LogP contribution < -0.4 is 9.46 Å². The van der Waals surface area contributed by atoms with Crippen LogP contribution in [0.15, 0.2) is 48.5 Å². The molecule has 0 spiro atoms. The molecule has 0 amide bonds. The molecule has 128 valence electrons. The van der Waals surface area contributed by atoms with Crippen LogP contribution >= 0.6 is 0 Å². The van der Waals surface area contributed by atoms with Crippen LogP contribution in [0.5, 0.6) is 5.75 Å². The topological polar surface area (TPSA) is 55.4 Å². The van der Waals surface area contributed by atoms with Gasteiger partial charge in [-0.05, 0) is 68.0 Å². The molecule has 3 rings (SSSR count). The van der Waals surface area contributed by atoms with E-state index in [4.69, 9.17) is 4.74 Å². The normalized spacial score (nSPS) is 15.4. The number of nitrogens with one attached hydrogen (secondary N) is 1. The van der Waals surface area contributed by atoms with Crippen molar-refractivity contribution in [2.75, 3.05) is 4.72 Å². The summed E-state index contributed by atoms with van der Waals surface area (Å²) in [5, 5.41) is 0. The molecule has 0 aromatic heterocycles. The Labute approximate surface area is 143 Å². The molecule has 24 heavy (non-hydrogen) atoms. The van der Waals surface area contributed by atoms with Gasteiger partial charge in [0.25, 0.3) is 0 Å². The first kappa shape index (κ1) is 16.8. The van der Waals surface area contributed by atoms with Gasteiger partial charge in [0.15, 0.2) is 0 Å². The van der Waals surface area contributed by atoms with E-state index in [0.717, 1.165) is 29.7 Å². The Balaban J connectivity index is 1.63. The van der Waals surface area contributed by atoms with Gasteiger partial charge < -0.3 is 4.74 Å². The van der Waals surface area contributed by atoms with E-state index in [1.165, 1.54) is 12.8 Å². The van der Waals surface area contributed by atoms with E-state index in [1.807, 2.05) is 43.3 Å². The van der Waals surface area contributed by atoms with Crippen LogP contribution in [0.2, 0.25) is 0 Å². The Bertz CT molecular complexity index is 779. The third-order valence-corrected chi connectivity index (χ3v) is 5.58. The lowest BCUT2D eigenvalue weighted by molar-refractivity contribution is 0.210. The number of ether oxygens (including phenoxy) is 1. The van der Waals surface area contributed by atoms with E-state index in [2.05, 4.69) is 4.72 Å². The van der Waals surface area contributed by atoms with Gasteiger partial charge in [-0.3, -0.25) is 4.72 Å². The van der Waals surface area contributed by atoms with Crippen LogP contribution in [-0.4, -0.2) is 14.5 Å². The van der Waals surface area contributed by atoms with Crippen LogP contribution in [0.25, 0.3) is 0 Å². The third kappa shape index (κ3) is 4.51. The van der Waals surface area contributed by atoms with Gasteiger partial charge in [0.1, 0.15) is 5.75 Å². The van der Waals surface area contributed by atoms with Crippen molar-refractivity contribution in [1.29, 1.82) is 0 Å². The Morgan fingerprint density at radius 2 is 1.71 bits per heavy atom. The van der Waals surface area contributed by atoms with E-state index in [-0.39, 0.29) is 5.75 Å². The smallest absolute Gasteiger partial charge is 0.236 e. The number of hydrogen-bond acceptors (Lipinski definition) is 3. The highest BCUT2D eigenvalue weighted by atomic mass is 32.2. The molecule has 1 aliphatic rings. The Hall–Kier alpha value is -2.01. The number of rotatable bonds is 6. The van der Waals surface area contributed by atoms with Gasteiger partial charge in [0, 0.05) is 5.69 Å². The van der Waals surface area contributed by atoms with Gasteiger partial charge in [-0.2, -0.15) is 0 Å². The number of sulfonamides is 1. The molecule has 0 bridgehead atoms. The number of anilines is 1. The summed E-state index contributed by atoms with van der Waals surface area (Å²) in [5.41, 5.74) is 2.34. The summed E-state index contributed by atoms with van der Waals surface area (Å²) in [4.78, 5) is 0. The fraction of sp³-hybridized carbons (Fsp3) is 0.368. The van der Waals surface area contributed by atoms with Crippen molar-refractivity contribution < 1.29 is 13.2 Å². The summed E-state index contributed by atoms with van der Waals surface area (Å²) in [6.45, 7) is 1.92. The molecule has 2 aromatic rings. The average Bonchev–Trinajstić information content (AvgIpc) is 3.04. The molecule has 0 unspecified atom stereocenters. The van der Waals surface area contributed by atoms with E-state index < -0.39 is 10.0 Å². The SMILES string of the molecule is Cc1ccccc1CS(=O)(=O)Nc1ccc(OC2CCCC2)cc1. The highest BCUT2D eigenvalue weighted by molar-refractivity contribution is 7.91. The van der Waals surface area contributed by atoms with E-state index in [0.29, 0.717) is 11.8 Å². The molecule has 1 aliphatic carbocycles. The summed E-state index contributed by atoms with van der Waals surface area (Å²) in [6, 6.07) is 14.7. The fourth-order valence-electron chi connectivity index (χ4n) is 2.99. The van der Waals surface area contributed by atoms with Crippen molar-refractivity contribution in [2.24, 2.45) is 0 Å². The largest absolute Gasteiger partial charge is 0.490 e. The van der Waals surface area contributed by atoms with Crippen molar-refractivity contribution in [2.45, 2.75) is 44.5 Å². The Kier molecular flexibility index (Phi) is 5.09. The molecule has 0 atom stereocenters. The minimum Gasteiger partial charge on any atom is -0.490 e. The van der Waals surface area contributed by atoms with Gasteiger partial charge in [0.2, 0.25) is 10.0 Å². The Morgan fingerprint density at radius 1 is 1.04 bits per heavy atom. The molecule has 4 nitrogen and oxygen atoms in total. The van der Waals surface area contributed by atoms with Gasteiger partial charge in [-0.15, -0.1) is 0 Å². The predicted octanol–water partition coefficient (Wildman–Crippen LogP) is 4.26. The molecular formula is C19H23NO3S. The maximum absolute atomic E-state index is 12.3. The first-order chi connectivity index (χ1) is 11.5. The predicted molar refractivity (Wildman–Crippen MR) is 96.8 cm³/mol. The molecule has 0 heterocycles. The van der Waals surface area contributed by atoms with Crippen LogP contribution in [0.4, 0.5) is 5.69 Å². The molecule has 2 aromatic carbocycles. The second-order valence-electron chi connectivity index (χ2n) is 6.34. The molecule has 0 saturated heterocycles. The lowest BCUT2D eigenvalue weighted by Gasteiger charge is -2.14. The standard InChI is InChI=1S/C19H23NO3S/c1-15-6-2-3-7-16(15)14-24(21,22)20-17-10-12-19(13-11-17)23-18-8-4-5-9-18/h2-3,6-7,10-13,18,20H,4-5,8-9,14H2,1H3. The number of benzene rings is 2. The van der Waals surface area contributed by atoms with E-state index in [9.17, 15) is 8.42 Å². The maximum atomic E-state index is 12.3. The minimum absolute atomic E-state index is 0.0278. The zero-order valence-electron chi connectivity index (χ0n) is 13.9. The van der Waals surface area contributed by atoms with E-state index in [1.54, 1.807) is 12.1 Å². The summed E-state index contributed by atoms with van der Waals surface area (Å²) >= 11 is 0. The highest BCUT2D eigenvalue weighted by Gasteiger charge is 2.17. The van der Waals surface area contributed by atoms with E-state index >= 15 is 0 Å². The van der Waals surface area contributed by atoms with Gasteiger partial charge in [-0.1, -0.05) is 24.3 Å². The van der Waals surface area contributed by atoms with Gasteiger partial charge in [-0.25, -0.2) is 8.42 Å². The molecule has 1 saturated carbocycles. The minimum atomic E-state index is -3.44. The number of aryl methyl sites for hydroxylation is 1. The fourth-order valence-corrected chi connectivity index (χ4v) is 4.29. The maximum Gasteiger partial charge on any atom is 0.236 e. The van der Waals surface area contributed by atoms with Crippen molar-refractivity contribution in [3.63, 3.8) is 0 Å². The molecule has 0 radical (unpaired) electrons. The molecular weight excluding hydrogens is 322 g/mol. The number of hydrogen-bond donors (Lipinski definition) is 1. The lowest BCUT2D eigenvalue weighted by Crippen LogP contribution is -2.15. The van der Waals surface area contributed by atoms with Crippen LogP contribution in [0.1, 0.15) is 36.8 Å². The summed E-state index contributed by atoms with van der Waals surface area (Å²) in [6.07, 6.45) is 4.95. The van der Waals surface area contributed by atoms with Crippen LogP contribution in [0, 0.1) is 6.92 Å². The average molecular weight is 345 g/mol. The molecule has 1 fully saturated rings. The van der Waals surface area contributed by atoms with Crippen molar-refractivity contribution in [1.82, 2.24) is 0 Å². The lowest BCUT2D eigenvalue weighted by atomic mass is 10.1. The second-order valence-corrected chi connectivity index (χ2v) is 8.06. The summed E-state index contributed by atoms with van der Waals surface area (Å²) < 4.78 is 33.2. The van der Waals surface area contributed by atoms with Crippen LogP contribution in [0.3, 0.4) is 0 Å². The summed E-state index contributed by atoms with van der Waals surface area (Å²) in [7, 11) is -3.44. The van der Waals surface area contributed by atoms with Crippen LogP contribution in [-0.2, 0) is 15.8 Å². The first-order valence-corrected chi connectivity index (χ1v) is 9.99. The molecule has 5 heteroatoms. The zero-order valence-corrected chi connectivity index (χ0v) is 14.7. The Morgan fingerprint density at radius 3 is 2.38 bits per heavy atom. The molecule has 1 N–H and O–H groups in total. The zero-order chi connectivity index (χ0) is 17.0. The first-order valence-electron chi connectivity index (χ1n) is 8.33. The quantitative estimate of drug-likeness (QED) is 0.851.